The zero-order chi connectivity index (χ0) is 10.6. The second kappa shape index (κ2) is 4.83. The van der Waals surface area contributed by atoms with E-state index in [0.29, 0.717) is 11.3 Å². The van der Waals surface area contributed by atoms with Crippen LogP contribution in [0.4, 0.5) is 0 Å². The number of rotatable bonds is 4. The average Bonchev–Trinajstić information content (AvgIpc) is 2.10. The Bertz CT molecular complexity index is 299. The number of phenols is 1. The molecule has 1 aromatic carbocycles. The maximum Gasteiger partial charge on any atom is 0.129 e. The summed E-state index contributed by atoms with van der Waals surface area (Å²) in [6.07, 6.45) is 0.0494. The molecule has 78 valence electrons. The normalized spacial score (nSPS) is 10.6. The van der Waals surface area contributed by atoms with Gasteiger partial charge in [0.05, 0.1) is 11.7 Å². The van der Waals surface area contributed by atoms with Crippen molar-refractivity contribution in [1.29, 1.82) is 0 Å². The highest BCUT2D eigenvalue weighted by molar-refractivity contribution is 5.43. The molecular weight excluding hydrogens is 182 g/mol. The summed E-state index contributed by atoms with van der Waals surface area (Å²) in [7, 11) is 0. The zero-order valence-corrected chi connectivity index (χ0v) is 8.36. The Morgan fingerprint density at radius 2 is 2.14 bits per heavy atom. The predicted octanol–water partition coefficient (Wildman–Crippen LogP) is 1.57. The van der Waals surface area contributed by atoms with Crippen LogP contribution < -0.4 is 10.6 Å². The first-order valence-corrected chi connectivity index (χ1v) is 4.44. The molecule has 0 fully saturated rings. The lowest BCUT2D eigenvalue weighted by atomic mass is 10.2. The second-order valence-corrected chi connectivity index (χ2v) is 3.23. The Morgan fingerprint density at radius 1 is 1.43 bits per heavy atom. The number of nitrogens with two attached hydrogens (primary N) is 1. The average molecular weight is 197 g/mol. The molecule has 1 aromatic rings. The number of ether oxygens (including phenoxy) is 1. The lowest BCUT2D eigenvalue weighted by molar-refractivity contribution is 0.117. The van der Waals surface area contributed by atoms with Crippen molar-refractivity contribution in [3.8, 4) is 11.5 Å². The minimum absolute atomic E-state index is 0.0494. The van der Waals surface area contributed by atoms with Crippen LogP contribution >= 0.6 is 0 Å². The Kier molecular flexibility index (Phi) is 3.73. The van der Waals surface area contributed by atoms with Gasteiger partial charge in [-0.25, -0.2) is 5.90 Å². The van der Waals surface area contributed by atoms with E-state index < -0.39 is 0 Å². The number of aromatic hydroxyl groups is 1. The van der Waals surface area contributed by atoms with E-state index in [9.17, 15) is 5.11 Å². The molecule has 0 bridgehead atoms. The molecule has 0 aromatic heterocycles. The highest BCUT2D eigenvalue weighted by atomic mass is 16.6. The third-order valence-electron chi connectivity index (χ3n) is 1.70. The van der Waals surface area contributed by atoms with Crippen LogP contribution in [0.5, 0.6) is 11.5 Å². The summed E-state index contributed by atoms with van der Waals surface area (Å²) < 4.78 is 5.48. The Morgan fingerprint density at radius 3 is 2.71 bits per heavy atom. The van der Waals surface area contributed by atoms with Gasteiger partial charge in [-0.1, -0.05) is 6.07 Å². The van der Waals surface area contributed by atoms with Crippen molar-refractivity contribution >= 4 is 0 Å². The molecule has 0 heterocycles. The van der Waals surface area contributed by atoms with Crippen molar-refractivity contribution < 1.29 is 14.7 Å². The maximum absolute atomic E-state index is 9.52. The van der Waals surface area contributed by atoms with Crippen molar-refractivity contribution in [3.63, 3.8) is 0 Å². The lowest BCUT2D eigenvalue weighted by Gasteiger charge is -2.14. The molecule has 0 aliphatic heterocycles. The molecular formula is C10H15NO3. The van der Waals surface area contributed by atoms with Crippen molar-refractivity contribution in [2.24, 2.45) is 5.90 Å². The number of hydrogen-bond donors (Lipinski definition) is 2. The molecule has 0 spiro atoms. The van der Waals surface area contributed by atoms with Crippen molar-refractivity contribution in [2.75, 3.05) is 0 Å². The molecule has 0 radical (unpaired) electrons. The van der Waals surface area contributed by atoms with Gasteiger partial charge in [-0.05, 0) is 26.0 Å². The van der Waals surface area contributed by atoms with E-state index in [2.05, 4.69) is 4.84 Å². The largest absolute Gasteiger partial charge is 0.507 e. The summed E-state index contributed by atoms with van der Waals surface area (Å²) in [5.41, 5.74) is 0.573. The molecule has 0 amide bonds. The molecule has 3 N–H and O–H groups in total. The molecule has 0 unspecified atom stereocenters. The van der Waals surface area contributed by atoms with Crippen molar-refractivity contribution in [1.82, 2.24) is 0 Å². The maximum atomic E-state index is 9.52. The first-order valence-electron chi connectivity index (χ1n) is 4.44. The predicted molar refractivity (Wildman–Crippen MR) is 52.8 cm³/mol. The number of benzene rings is 1. The number of phenolic OH excluding ortho intramolecular Hbond substituents is 1. The van der Waals surface area contributed by atoms with Crippen molar-refractivity contribution in [2.45, 2.75) is 26.6 Å². The van der Waals surface area contributed by atoms with Crippen LogP contribution in [0.3, 0.4) is 0 Å². The molecule has 14 heavy (non-hydrogen) atoms. The van der Waals surface area contributed by atoms with Gasteiger partial charge in [-0.3, -0.25) is 4.84 Å². The Balaban J connectivity index is 2.95. The van der Waals surface area contributed by atoms with E-state index in [1.807, 2.05) is 13.8 Å². The van der Waals surface area contributed by atoms with Crippen LogP contribution in [0, 0.1) is 0 Å². The van der Waals surface area contributed by atoms with Crippen LogP contribution in [0.15, 0.2) is 18.2 Å². The Labute approximate surface area is 83.2 Å². The summed E-state index contributed by atoms with van der Waals surface area (Å²) in [4.78, 5) is 4.49. The molecule has 0 saturated carbocycles. The van der Waals surface area contributed by atoms with Crippen LogP contribution in [0.1, 0.15) is 19.4 Å². The fourth-order valence-electron chi connectivity index (χ4n) is 1.15. The second-order valence-electron chi connectivity index (χ2n) is 3.23. The first-order chi connectivity index (χ1) is 6.65. The molecule has 4 nitrogen and oxygen atoms in total. The van der Waals surface area contributed by atoms with Gasteiger partial charge in [-0.2, -0.15) is 0 Å². The van der Waals surface area contributed by atoms with E-state index in [-0.39, 0.29) is 18.5 Å². The molecule has 0 saturated heterocycles. The first kappa shape index (κ1) is 10.8. The standard InChI is InChI=1S/C10H15NO3/c1-7(2)14-10-5-3-4-9(12)8(10)6-13-11/h3-5,7,12H,6,11H2,1-2H3. The Hall–Kier alpha value is -1.26. The minimum atomic E-state index is 0.0494. The van der Waals surface area contributed by atoms with E-state index in [1.165, 1.54) is 0 Å². The van der Waals surface area contributed by atoms with E-state index in [1.54, 1.807) is 18.2 Å². The SMILES string of the molecule is CC(C)Oc1cccc(O)c1CON. The van der Waals surface area contributed by atoms with Crippen molar-refractivity contribution in [3.05, 3.63) is 23.8 Å². The van der Waals surface area contributed by atoms with Gasteiger partial charge in [0.1, 0.15) is 18.1 Å². The fourth-order valence-corrected chi connectivity index (χ4v) is 1.15. The van der Waals surface area contributed by atoms with Gasteiger partial charge in [-0.15, -0.1) is 0 Å². The third-order valence-corrected chi connectivity index (χ3v) is 1.70. The molecule has 0 aliphatic rings. The molecule has 0 aliphatic carbocycles. The zero-order valence-electron chi connectivity index (χ0n) is 8.36. The highest BCUT2D eigenvalue weighted by Gasteiger charge is 2.09. The third kappa shape index (κ3) is 2.61. The van der Waals surface area contributed by atoms with Gasteiger partial charge in [0.2, 0.25) is 0 Å². The van der Waals surface area contributed by atoms with Crippen LogP contribution in [-0.4, -0.2) is 11.2 Å². The topological polar surface area (TPSA) is 64.7 Å². The summed E-state index contributed by atoms with van der Waals surface area (Å²) in [5.74, 6) is 5.70. The smallest absolute Gasteiger partial charge is 0.129 e. The van der Waals surface area contributed by atoms with E-state index in [4.69, 9.17) is 10.6 Å². The summed E-state index contributed by atoms with van der Waals surface area (Å²) >= 11 is 0. The van der Waals surface area contributed by atoms with Gasteiger partial charge < -0.3 is 9.84 Å². The van der Waals surface area contributed by atoms with Crippen LogP contribution in [-0.2, 0) is 11.4 Å². The summed E-state index contributed by atoms with van der Waals surface area (Å²) in [6, 6.07) is 5.06. The molecule has 0 atom stereocenters. The van der Waals surface area contributed by atoms with Crippen LogP contribution in [0.2, 0.25) is 0 Å². The number of hydrogen-bond acceptors (Lipinski definition) is 4. The summed E-state index contributed by atoms with van der Waals surface area (Å²) in [6.45, 7) is 3.96. The molecule has 4 heteroatoms. The van der Waals surface area contributed by atoms with Gasteiger partial charge in [0, 0.05) is 0 Å². The van der Waals surface area contributed by atoms with E-state index >= 15 is 0 Å². The monoisotopic (exact) mass is 197 g/mol. The minimum Gasteiger partial charge on any atom is -0.507 e. The van der Waals surface area contributed by atoms with E-state index in [0.717, 1.165) is 0 Å². The van der Waals surface area contributed by atoms with Gasteiger partial charge in [0.15, 0.2) is 0 Å². The van der Waals surface area contributed by atoms with Gasteiger partial charge in [0.25, 0.3) is 0 Å². The van der Waals surface area contributed by atoms with Crippen LogP contribution in [0.25, 0.3) is 0 Å². The summed E-state index contributed by atoms with van der Waals surface area (Å²) in [5, 5.41) is 9.52. The lowest BCUT2D eigenvalue weighted by Crippen LogP contribution is -2.09. The fraction of sp³-hybridized carbons (Fsp3) is 0.400. The molecule has 1 rings (SSSR count). The van der Waals surface area contributed by atoms with Gasteiger partial charge >= 0.3 is 0 Å². The quantitative estimate of drug-likeness (QED) is 0.719. The highest BCUT2D eigenvalue weighted by Crippen LogP contribution is 2.28.